The molecule has 0 saturated carbocycles. The molecule has 18 heavy (non-hydrogen) atoms. The Morgan fingerprint density at radius 1 is 1.44 bits per heavy atom. The van der Waals surface area contributed by atoms with Crippen LogP contribution in [0.4, 0.5) is 5.69 Å². The third-order valence-corrected chi connectivity index (χ3v) is 4.14. The third-order valence-electron chi connectivity index (χ3n) is 3.65. The summed E-state index contributed by atoms with van der Waals surface area (Å²) in [6, 6.07) is 7.24. The lowest BCUT2D eigenvalue weighted by molar-refractivity contribution is 0.315. The molecule has 1 aromatic carbocycles. The van der Waals surface area contributed by atoms with Crippen LogP contribution in [0.1, 0.15) is 12.0 Å². The van der Waals surface area contributed by atoms with E-state index in [4.69, 9.17) is 0 Å². The van der Waals surface area contributed by atoms with Crippen molar-refractivity contribution in [2.45, 2.75) is 19.0 Å². The number of nitrogens with one attached hydrogen (secondary N) is 1. The Morgan fingerprint density at radius 2 is 2.22 bits per heavy atom. The number of hydrogen-bond acceptors (Lipinski definition) is 3. The van der Waals surface area contributed by atoms with Crippen molar-refractivity contribution in [2.24, 2.45) is 0 Å². The Hall–Kier alpha value is -0.580. The van der Waals surface area contributed by atoms with Gasteiger partial charge < -0.3 is 15.1 Å². The molecule has 1 aromatic rings. The van der Waals surface area contributed by atoms with Gasteiger partial charge in [0.15, 0.2) is 0 Å². The van der Waals surface area contributed by atoms with Crippen LogP contribution in [0.3, 0.4) is 0 Å². The van der Waals surface area contributed by atoms with Crippen LogP contribution in [0.25, 0.3) is 0 Å². The van der Waals surface area contributed by atoms with Crippen molar-refractivity contribution >= 4 is 21.6 Å². The lowest BCUT2D eigenvalue weighted by Gasteiger charge is -2.24. The molecule has 0 amide bonds. The number of likely N-dealkylation sites (N-methyl/N-ethyl adjacent to an activating group) is 1. The molecule has 1 heterocycles. The normalized spacial score (nSPS) is 19.8. The van der Waals surface area contributed by atoms with Crippen LogP contribution in [0.5, 0.6) is 0 Å². The number of benzene rings is 1. The highest BCUT2D eigenvalue weighted by Gasteiger charge is 2.25. The van der Waals surface area contributed by atoms with Gasteiger partial charge in [-0.15, -0.1) is 0 Å². The van der Waals surface area contributed by atoms with Crippen molar-refractivity contribution in [3.63, 3.8) is 0 Å². The Bertz CT molecular complexity index is 406. The first-order valence-electron chi connectivity index (χ1n) is 6.46. The summed E-state index contributed by atoms with van der Waals surface area (Å²) in [6.07, 6.45) is 1.25. The van der Waals surface area contributed by atoms with Gasteiger partial charge in [-0.3, -0.25) is 0 Å². The predicted molar refractivity (Wildman–Crippen MR) is 81.2 cm³/mol. The summed E-state index contributed by atoms with van der Waals surface area (Å²) in [5, 5.41) is 3.25. The number of nitrogens with zero attached hydrogens (tertiary/aromatic N) is 2. The van der Waals surface area contributed by atoms with E-state index in [9.17, 15) is 0 Å². The number of hydrogen-bond donors (Lipinski definition) is 1. The molecule has 1 aliphatic rings. The Balaban J connectivity index is 2.19. The molecule has 0 radical (unpaired) electrons. The fourth-order valence-corrected chi connectivity index (χ4v) is 2.90. The average Bonchev–Trinajstić information content (AvgIpc) is 2.81. The SMILES string of the molecule is CNCc1ccc(Br)cc1N1CCC(N(C)C)C1. The Kier molecular flexibility index (Phi) is 4.65. The molecule has 0 bridgehead atoms. The second kappa shape index (κ2) is 6.04. The molecule has 1 fully saturated rings. The highest BCUT2D eigenvalue weighted by Crippen LogP contribution is 2.29. The lowest BCUT2D eigenvalue weighted by Crippen LogP contribution is -2.31. The van der Waals surface area contributed by atoms with Crippen molar-refractivity contribution in [1.82, 2.24) is 10.2 Å². The van der Waals surface area contributed by atoms with Crippen LogP contribution >= 0.6 is 15.9 Å². The van der Waals surface area contributed by atoms with Gasteiger partial charge in [0.2, 0.25) is 0 Å². The zero-order valence-corrected chi connectivity index (χ0v) is 13.0. The molecule has 0 aromatic heterocycles. The molecule has 3 nitrogen and oxygen atoms in total. The molecule has 1 saturated heterocycles. The van der Waals surface area contributed by atoms with E-state index in [-0.39, 0.29) is 0 Å². The predicted octanol–water partition coefficient (Wildman–Crippen LogP) is 2.31. The Labute approximate surface area is 118 Å². The minimum atomic E-state index is 0.673. The van der Waals surface area contributed by atoms with Gasteiger partial charge in [0, 0.05) is 35.8 Å². The second-order valence-corrected chi connectivity index (χ2v) is 6.07. The molecule has 1 N–H and O–H groups in total. The van der Waals surface area contributed by atoms with Gasteiger partial charge in [0.05, 0.1) is 0 Å². The van der Waals surface area contributed by atoms with E-state index in [1.165, 1.54) is 17.7 Å². The first-order valence-corrected chi connectivity index (χ1v) is 7.25. The Morgan fingerprint density at radius 3 is 2.83 bits per heavy atom. The van der Waals surface area contributed by atoms with Crippen molar-refractivity contribution in [3.05, 3.63) is 28.2 Å². The van der Waals surface area contributed by atoms with Gasteiger partial charge in [-0.25, -0.2) is 0 Å². The van der Waals surface area contributed by atoms with E-state index in [1.54, 1.807) is 0 Å². The molecule has 1 aliphatic heterocycles. The van der Waals surface area contributed by atoms with Crippen LogP contribution in [-0.2, 0) is 6.54 Å². The van der Waals surface area contributed by atoms with E-state index in [2.05, 4.69) is 63.3 Å². The van der Waals surface area contributed by atoms with Crippen LogP contribution in [0.15, 0.2) is 22.7 Å². The monoisotopic (exact) mass is 311 g/mol. The molecular formula is C14H22BrN3. The van der Waals surface area contributed by atoms with Crippen LogP contribution in [-0.4, -0.2) is 45.2 Å². The summed E-state index contributed by atoms with van der Waals surface area (Å²) in [5.74, 6) is 0. The fourth-order valence-electron chi connectivity index (χ4n) is 2.55. The molecule has 100 valence electrons. The molecular weight excluding hydrogens is 290 g/mol. The maximum Gasteiger partial charge on any atom is 0.0423 e. The molecule has 0 spiro atoms. The van der Waals surface area contributed by atoms with E-state index in [1.807, 2.05) is 7.05 Å². The smallest absolute Gasteiger partial charge is 0.0423 e. The molecule has 2 rings (SSSR count). The first kappa shape index (κ1) is 13.8. The molecule has 1 unspecified atom stereocenters. The minimum absolute atomic E-state index is 0.673. The van der Waals surface area contributed by atoms with Gasteiger partial charge in [0.1, 0.15) is 0 Å². The van der Waals surface area contributed by atoms with Crippen LogP contribution < -0.4 is 10.2 Å². The van der Waals surface area contributed by atoms with Gasteiger partial charge in [-0.05, 0) is 45.3 Å². The maximum atomic E-state index is 3.58. The lowest BCUT2D eigenvalue weighted by atomic mass is 10.1. The summed E-state index contributed by atoms with van der Waals surface area (Å²) < 4.78 is 1.16. The van der Waals surface area contributed by atoms with E-state index in [0.29, 0.717) is 6.04 Å². The van der Waals surface area contributed by atoms with Crippen molar-refractivity contribution < 1.29 is 0 Å². The van der Waals surface area contributed by atoms with Crippen molar-refractivity contribution in [1.29, 1.82) is 0 Å². The van der Waals surface area contributed by atoms with Gasteiger partial charge in [-0.2, -0.15) is 0 Å². The fraction of sp³-hybridized carbons (Fsp3) is 0.571. The zero-order valence-electron chi connectivity index (χ0n) is 11.4. The third kappa shape index (κ3) is 3.05. The average molecular weight is 312 g/mol. The zero-order chi connectivity index (χ0) is 13.1. The van der Waals surface area contributed by atoms with Crippen LogP contribution in [0, 0.1) is 0 Å². The summed E-state index contributed by atoms with van der Waals surface area (Å²) in [4.78, 5) is 4.83. The molecule has 0 aliphatic carbocycles. The first-order chi connectivity index (χ1) is 8.61. The van der Waals surface area contributed by atoms with E-state index >= 15 is 0 Å². The van der Waals surface area contributed by atoms with Crippen molar-refractivity contribution in [3.8, 4) is 0 Å². The molecule has 1 atom stereocenters. The summed E-state index contributed by atoms with van der Waals surface area (Å²) >= 11 is 3.58. The van der Waals surface area contributed by atoms with Crippen molar-refractivity contribution in [2.75, 3.05) is 39.1 Å². The molecule has 4 heteroatoms. The number of halogens is 1. The van der Waals surface area contributed by atoms with E-state index < -0.39 is 0 Å². The van der Waals surface area contributed by atoms with Gasteiger partial charge in [0.25, 0.3) is 0 Å². The van der Waals surface area contributed by atoms with Gasteiger partial charge in [-0.1, -0.05) is 22.0 Å². The maximum absolute atomic E-state index is 3.58. The highest BCUT2D eigenvalue weighted by molar-refractivity contribution is 9.10. The van der Waals surface area contributed by atoms with Gasteiger partial charge >= 0.3 is 0 Å². The number of anilines is 1. The van der Waals surface area contributed by atoms with Crippen LogP contribution in [0.2, 0.25) is 0 Å². The summed E-state index contributed by atoms with van der Waals surface area (Å²) in [5.41, 5.74) is 2.74. The largest absolute Gasteiger partial charge is 0.370 e. The summed E-state index contributed by atoms with van der Waals surface area (Å²) in [7, 11) is 6.34. The van der Waals surface area contributed by atoms with E-state index in [0.717, 1.165) is 24.1 Å². The second-order valence-electron chi connectivity index (χ2n) is 5.16. The highest BCUT2D eigenvalue weighted by atomic mass is 79.9. The standard InChI is InChI=1S/C14H22BrN3/c1-16-9-11-4-5-12(15)8-14(11)18-7-6-13(10-18)17(2)3/h4-5,8,13,16H,6-7,9-10H2,1-3H3. The minimum Gasteiger partial charge on any atom is -0.370 e. The quantitative estimate of drug-likeness (QED) is 0.920. The summed E-state index contributed by atoms with van der Waals surface area (Å²) in [6.45, 7) is 3.20. The topological polar surface area (TPSA) is 18.5 Å². The number of rotatable bonds is 4.